The summed E-state index contributed by atoms with van der Waals surface area (Å²) in [5, 5.41) is 0. The van der Waals surface area contributed by atoms with Crippen molar-refractivity contribution in [1.82, 2.24) is 0 Å². The zero-order chi connectivity index (χ0) is 58.5. The number of hydrogen-bond acceptors (Lipinski definition) is 6. The molecule has 0 heterocycles. The largest absolute Gasteiger partial charge is 0.462 e. The normalized spacial score (nSPS) is 12.9. The van der Waals surface area contributed by atoms with E-state index in [4.69, 9.17) is 14.2 Å². The number of unbranched alkanes of at least 4 members (excludes halogenated alkanes) is 30. The number of rotatable bonds is 61. The van der Waals surface area contributed by atoms with Crippen LogP contribution in [0.25, 0.3) is 0 Å². The minimum Gasteiger partial charge on any atom is -0.462 e. The number of carbonyl (C=O) groups is 3. The van der Waals surface area contributed by atoms with E-state index in [0.717, 1.165) is 128 Å². The van der Waals surface area contributed by atoms with Crippen LogP contribution >= 0.6 is 0 Å². The van der Waals surface area contributed by atoms with Gasteiger partial charge in [-0.25, -0.2) is 0 Å². The van der Waals surface area contributed by atoms with Crippen molar-refractivity contribution >= 4 is 17.9 Å². The van der Waals surface area contributed by atoms with Crippen LogP contribution in [0.5, 0.6) is 0 Å². The fourth-order valence-electron chi connectivity index (χ4n) is 9.37. The summed E-state index contributed by atoms with van der Waals surface area (Å²) >= 11 is 0. The summed E-state index contributed by atoms with van der Waals surface area (Å²) < 4.78 is 16.9. The molecule has 0 amide bonds. The maximum Gasteiger partial charge on any atom is 0.306 e. The third-order valence-electron chi connectivity index (χ3n) is 14.5. The van der Waals surface area contributed by atoms with Crippen LogP contribution < -0.4 is 0 Å². The van der Waals surface area contributed by atoms with E-state index in [9.17, 15) is 14.4 Å². The van der Waals surface area contributed by atoms with Gasteiger partial charge in [0.25, 0.3) is 0 Å². The first-order chi connectivity index (χ1) is 40.0. The maximum absolute atomic E-state index is 12.9. The van der Waals surface area contributed by atoms with Gasteiger partial charge in [-0.05, 0) is 116 Å². The molecule has 0 aromatic heterocycles. The van der Waals surface area contributed by atoms with E-state index in [2.05, 4.69) is 142 Å². The fraction of sp³-hybridized carbons (Fsp3) is 0.693. The molecule has 0 aromatic rings. The molecule has 1 unspecified atom stereocenters. The van der Waals surface area contributed by atoms with Crippen LogP contribution in [0.3, 0.4) is 0 Å². The van der Waals surface area contributed by atoms with Crippen molar-refractivity contribution in [2.75, 3.05) is 13.2 Å². The smallest absolute Gasteiger partial charge is 0.306 e. The van der Waals surface area contributed by atoms with Gasteiger partial charge in [0.05, 0.1) is 0 Å². The topological polar surface area (TPSA) is 78.9 Å². The highest BCUT2D eigenvalue weighted by molar-refractivity contribution is 5.71. The highest BCUT2D eigenvalue weighted by atomic mass is 16.6. The van der Waals surface area contributed by atoms with Crippen LogP contribution in [-0.2, 0) is 28.6 Å². The Morgan fingerprint density at radius 2 is 0.481 bits per heavy atom. The van der Waals surface area contributed by atoms with Crippen LogP contribution in [0.1, 0.15) is 316 Å². The second kappa shape index (κ2) is 68.3. The summed E-state index contributed by atoms with van der Waals surface area (Å²) in [5.74, 6) is -0.946. The molecule has 0 N–H and O–H groups in total. The first kappa shape index (κ1) is 76.8. The standard InChI is InChI=1S/C75H126O6/c1-4-7-10-13-16-19-22-25-28-31-33-35-36-37-38-39-40-41-43-44-47-50-53-56-59-62-65-68-74(77)80-71-72(70-79-73(76)67-64-61-58-55-52-49-46-30-27-24-21-18-15-12-9-6-3)81-75(78)69-66-63-60-57-54-51-48-45-42-34-32-29-26-23-20-17-14-11-8-5-2/h7,10,16,19,21,24-25,28,30,33,35,37-38,40-41,44,46-47,53,56,72H,4-6,8-9,11-15,17-18,20,22-23,26-27,29,31-32,34,36,39,42-43,45,48-52,54-55,57-71H2,1-3H3/b10-7-,19-16-,24-21-,28-25-,35-33-,38-37-,41-40-,46-30-,47-44-,56-53-. The molecule has 0 saturated heterocycles. The summed E-state index contributed by atoms with van der Waals surface area (Å²) in [7, 11) is 0. The van der Waals surface area contributed by atoms with Gasteiger partial charge < -0.3 is 14.2 Å². The molecule has 0 fully saturated rings. The third-order valence-corrected chi connectivity index (χ3v) is 14.5. The van der Waals surface area contributed by atoms with Gasteiger partial charge in [0.1, 0.15) is 13.2 Å². The Hall–Kier alpha value is -4.19. The predicted molar refractivity (Wildman–Crippen MR) is 353 cm³/mol. The van der Waals surface area contributed by atoms with Crippen molar-refractivity contribution in [3.05, 3.63) is 122 Å². The van der Waals surface area contributed by atoms with Crippen LogP contribution in [0, 0.1) is 0 Å². The van der Waals surface area contributed by atoms with Gasteiger partial charge in [-0.1, -0.05) is 303 Å². The summed E-state index contributed by atoms with van der Waals surface area (Å²) in [5.41, 5.74) is 0. The van der Waals surface area contributed by atoms with Gasteiger partial charge in [0.15, 0.2) is 6.10 Å². The molecule has 0 aliphatic carbocycles. The Bertz CT molecular complexity index is 1670. The summed E-state index contributed by atoms with van der Waals surface area (Å²) in [6, 6.07) is 0. The highest BCUT2D eigenvalue weighted by Crippen LogP contribution is 2.17. The van der Waals surface area contributed by atoms with Gasteiger partial charge in [0.2, 0.25) is 0 Å². The summed E-state index contributed by atoms with van der Waals surface area (Å²) in [4.78, 5) is 38.4. The summed E-state index contributed by atoms with van der Waals surface area (Å²) in [6.45, 7) is 6.49. The zero-order valence-electron chi connectivity index (χ0n) is 53.0. The van der Waals surface area contributed by atoms with Crippen LogP contribution in [0.4, 0.5) is 0 Å². The van der Waals surface area contributed by atoms with E-state index >= 15 is 0 Å². The quantitative estimate of drug-likeness (QED) is 0.0261. The highest BCUT2D eigenvalue weighted by Gasteiger charge is 2.19. The van der Waals surface area contributed by atoms with Gasteiger partial charge in [0, 0.05) is 19.3 Å². The molecule has 462 valence electrons. The third kappa shape index (κ3) is 66.5. The second-order valence-electron chi connectivity index (χ2n) is 22.4. The first-order valence-corrected chi connectivity index (χ1v) is 34.0. The first-order valence-electron chi connectivity index (χ1n) is 34.0. The number of esters is 3. The Kier molecular flexibility index (Phi) is 64.8. The van der Waals surface area contributed by atoms with E-state index in [1.165, 1.54) is 141 Å². The van der Waals surface area contributed by atoms with Gasteiger partial charge >= 0.3 is 17.9 Å². The van der Waals surface area contributed by atoms with E-state index in [-0.39, 0.29) is 31.1 Å². The van der Waals surface area contributed by atoms with Crippen molar-refractivity contribution in [3.63, 3.8) is 0 Å². The van der Waals surface area contributed by atoms with Crippen molar-refractivity contribution in [2.24, 2.45) is 0 Å². The zero-order valence-corrected chi connectivity index (χ0v) is 53.0. The van der Waals surface area contributed by atoms with E-state index < -0.39 is 6.10 Å². The van der Waals surface area contributed by atoms with Crippen molar-refractivity contribution in [3.8, 4) is 0 Å². The second-order valence-corrected chi connectivity index (χ2v) is 22.4. The van der Waals surface area contributed by atoms with Crippen LogP contribution in [-0.4, -0.2) is 37.2 Å². The van der Waals surface area contributed by atoms with E-state index in [1.807, 2.05) is 0 Å². The Morgan fingerprint density at radius 3 is 0.790 bits per heavy atom. The van der Waals surface area contributed by atoms with Gasteiger partial charge in [-0.3, -0.25) is 14.4 Å². The number of carbonyl (C=O) groups excluding carboxylic acids is 3. The Balaban J connectivity index is 4.46. The molecule has 6 heteroatoms. The van der Waals surface area contributed by atoms with E-state index in [1.54, 1.807) is 0 Å². The molecule has 0 radical (unpaired) electrons. The fourth-order valence-corrected chi connectivity index (χ4v) is 9.37. The average Bonchev–Trinajstić information content (AvgIpc) is 3.47. The Labute approximate surface area is 501 Å². The number of ether oxygens (including phenoxy) is 3. The lowest BCUT2D eigenvalue weighted by atomic mass is 10.0. The molecule has 0 aromatic carbocycles. The van der Waals surface area contributed by atoms with Crippen molar-refractivity contribution < 1.29 is 28.6 Å². The lowest BCUT2D eigenvalue weighted by Gasteiger charge is -2.18. The molecule has 1 atom stereocenters. The minimum atomic E-state index is -0.805. The SMILES string of the molecule is CC/C=C\C/C=C\C/C=C\C/C=C\C/C=C\C/C=C\C/C=C\C/C=C\CCCCC(=O)OCC(COC(=O)CCCCCCC/C=C\C/C=C\CCCCCC)OC(=O)CCCCCCCCCCCCCCCCCCCCCC. The molecular formula is C75H126O6. The summed E-state index contributed by atoms with van der Waals surface area (Å²) in [6.07, 6.45) is 95.0. The molecule has 81 heavy (non-hydrogen) atoms. The molecule has 0 aliphatic rings. The van der Waals surface area contributed by atoms with Crippen molar-refractivity contribution in [1.29, 1.82) is 0 Å². The molecule has 0 aliphatic heterocycles. The minimum absolute atomic E-state index is 0.0991. The molecule has 0 saturated carbocycles. The van der Waals surface area contributed by atoms with E-state index in [0.29, 0.717) is 25.7 Å². The maximum atomic E-state index is 12.9. The lowest BCUT2D eigenvalue weighted by Crippen LogP contribution is -2.30. The lowest BCUT2D eigenvalue weighted by molar-refractivity contribution is -0.167. The van der Waals surface area contributed by atoms with Crippen LogP contribution in [0.2, 0.25) is 0 Å². The molecule has 6 nitrogen and oxygen atoms in total. The molecule has 0 spiro atoms. The number of hydrogen-bond donors (Lipinski definition) is 0. The molecular weight excluding hydrogens is 997 g/mol. The van der Waals surface area contributed by atoms with Crippen molar-refractivity contribution in [2.45, 2.75) is 322 Å². The van der Waals surface area contributed by atoms with Gasteiger partial charge in [-0.2, -0.15) is 0 Å². The average molecular weight is 1120 g/mol. The predicted octanol–water partition coefficient (Wildman–Crippen LogP) is 23.6. The van der Waals surface area contributed by atoms with Crippen LogP contribution in [0.15, 0.2) is 122 Å². The van der Waals surface area contributed by atoms with Gasteiger partial charge in [-0.15, -0.1) is 0 Å². The Morgan fingerprint density at radius 1 is 0.259 bits per heavy atom. The number of allylic oxidation sites excluding steroid dienone is 20. The monoisotopic (exact) mass is 1120 g/mol. The molecule has 0 rings (SSSR count). The molecule has 0 bridgehead atoms.